The molecule has 0 spiro atoms. The van der Waals surface area contributed by atoms with Gasteiger partial charge in [-0.15, -0.1) is 0 Å². The van der Waals surface area contributed by atoms with E-state index in [4.69, 9.17) is 9.47 Å². The molecule has 0 unspecified atom stereocenters. The van der Waals surface area contributed by atoms with E-state index in [0.29, 0.717) is 17.7 Å². The fourth-order valence-corrected chi connectivity index (χ4v) is 2.25. The van der Waals surface area contributed by atoms with Crippen molar-refractivity contribution in [1.29, 1.82) is 0 Å². The first-order chi connectivity index (χ1) is 11.2. The van der Waals surface area contributed by atoms with Gasteiger partial charge in [0.05, 0.1) is 25.5 Å². The first-order valence-electron chi connectivity index (χ1n) is 7.24. The first-order valence-corrected chi connectivity index (χ1v) is 7.24. The van der Waals surface area contributed by atoms with Crippen molar-refractivity contribution in [2.75, 3.05) is 19.5 Å². The number of anilines is 1. The number of carbonyl (C=O) groups is 2. The van der Waals surface area contributed by atoms with Gasteiger partial charge < -0.3 is 14.8 Å². The quantitative estimate of drug-likeness (QED) is 0.833. The summed E-state index contributed by atoms with van der Waals surface area (Å²) in [5.41, 5.74) is 1.75. The minimum Gasteiger partial charge on any atom is -0.496 e. The van der Waals surface area contributed by atoms with Gasteiger partial charge in [0.1, 0.15) is 5.75 Å². The second-order valence-corrected chi connectivity index (χ2v) is 4.90. The van der Waals surface area contributed by atoms with E-state index in [1.165, 1.54) is 7.11 Å². The Morgan fingerprint density at radius 1 is 1.00 bits per heavy atom. The molecule has 0 aromatic heterocycles. The molecule has 0 aliphatic heterocycles. The average molecular weight is 313 g/mol. The van der Waals surface area contributed by atoms with Crippen molar-refractivity contribution in [3.05, 3.63) is 59.7 Å². The molecule has 5 nitrogen and oxygen atoms in total. The number of nitrogens with one attached hydrogen (secondary N) is 1. The molecule has 0 saturated carbocycles. The van der Waals surface area contributed by atoms with E-state index in [2.05, 4.69) is 5.32 Å². The van der Waals surface area contributed by atoms with E-state index in [1.807, 2.05) is 24.3 Å². The van der Waals surface area contributed by atoms with E-state index >= 15 is 0 Å². The number of aryl methyl sites for hydroxylation is 1. The number of esters is 1. The molecule has 2 rings (SSSR count). The summed E-state index contributed by atoms with van der Waals surface area (Å²) in [6.45, 7) is 0. The maximum atomic E-state index is 12.1. The van der Waals surface area contributed by atoms with Gasteiger partial charge in [-0.2, -0.15) is 0 Å². The highest BCUT2D eigenvalue weighted by atomic mass is 16.5. The van der Waals surface area contributed by atoms with Gasteiger partial charge in [0.25, 0.3) is 0 Å². The lowest BCUT2D eigenvalue weighted by Crippen LogP contribution is -2.15. The van der Waals surface area contributed by atoms with Crippen LogP contribution < -0.4 is 10.1 Å². The molecule has 0 atom stereocenters. The molecule has 0 aliphatic rings. The standard InChI is InChI=1S/C18H19NO4/c1-22-16-10-6-3-7-13(16)11-12-17(20)19-15-9-5-4-8-14(15)18(21)23-2/h3-10H,11-12H2,1-2H3,(H,19,20). The van der Waals surface area contributed by atoms with Crippen LogP contribution in [0.15, 0.2) is 48.5 Å². The van der Waals surface area contributed by atoms with Gasteiger partial charge in [0.15, 0.2) is 0 Å². The minimum atomic E-state index is -0.481. The Bertz CT molecular complexity index is 697. The first kappa shape index (κ1) is 16.5. The zero-order valence-corrected chi connectivity index (χ0v) is 13.2. The van der Waals surface area contributed by atoms with Crippen molar-refractivity contribution in [1.82, 2.24) is 0 Å². The summed E-state index contributed by atoms with van der Waals surface area (Å²) in [7, 11) is 2.91. The van der Waals surface area contributed by atoms with Crippen molar-refractivity contribution in [3.8, 4) is 5.75 Å². The molecule has 2 aromatic carbocycles. The predicted octanol–water partition coefficient (Wildman–Crippen LogP) is 3.05. The summed E-state index contributed by atoms with van der Waals surface area (Å²) in [4.78, 5) is 23.8. The largest absolute Gasteiger partial charge is 0.496 e. The van der Waals surface area contributed by atoms with Crippen LogP contribution in [0.3, 0.4) is 0 Å². The summed E-state index contributed by atoms with van der Waals surface area (Å²) >= 11 is 0. The van der Waals surface area contributed by atoms with Gasteiger partial charge in [0.2, 0.25) is 5.91 Å². The molecule has 0 saturated heterocycles. The van der Waals surface area contributed by atoms with Crippen LogP contribution in [0.25, 0.3) is 0 Å². The van der Waals surface area contributed by atoms with Crippen LogP contribution in [0.4, 0.5) is 5.69 Å². The van der Waals surface area contributed by atoms with Crippen molar-refractivity contribution < 1.29 is 19.1 Å². The fraction of sp³-hybridized carbons (Fsp3) is 0.222. The summed E-state index contributed by atoms with van der Waals surface area (Å²) in [5.74, 6) is 0.105. The molecule has 0 bridgehead atoms. The maximum Gasteiger partial charge on any atom is 0.339 e. The number of methoxy groups -OCH3 is 2. The van der Waals surface area contributed by atoms with Crippen molar-refractivity contribution in [2.45, 2.75) is 12.8 Å². The van der Waals surface area contributed by atoms with Gasteiger partial charge in [-0.1, -0.05) is 30.3 Å². The lowest BCUT2D eigenvalue weighted by Gasteiger charge is -2.10. The van der Waals surface area contributed by atoms with Gasteiger partial charge in [0, 0.05) is 6.42 Å². The van der Waals surface area contributed by atoms with Crippen molar-refractivity contribution >= 4 is 17.6 Å². The van der Waals surface area contributed by atoms with Crippen LogP contribution in [0, 0.1) is 0 Å². The van der Waals surface area contributed by atoms with E-state index in [9.17, 15) is 9.59 Å². The third kappa shape index (κ3) is 4.32. The minimum absolute atomic E-state index is 0.174. The normalized spacial score (nSPS) is 10.0. The van der Waals surface area contributed by atoms with Crippen LogP contribution in [-0.4, -0.2) is 26.1 Å². The monoisotopic (exact) mass is 313 g/mol. The molecule has 0 heterocycles. The number of hydrogen-bond donors (Lipinski definition) is 1. The third-order valence-corrected chi connectivity index (χ3v) is 3.42. The molecular formula is C18H19NO4. The zero-order chi connectivity index (χ0) is 16.7. The van der Waals surface area contributed by atoms with Gasteiger partial charge in [-0.25, -0.2) is 4.79 Å². The Morgan fingerprint density at radius 2 is 1.70 bits per heavy atom. The molecule has 5 heteroatoms. The summed E-state index contributed by atoms with van der Waals surface area (Å²) < 4.78 is 9.98. The molecule has 0 fully saturated rings. The van der Waals surface area contributed by atoms with Crippen LogP contribution in [-0.2, 0) is 16.0 Å². The number of hydrogen-bond acceptors (Lipinski definition) is 4. The van der Waals surface area contributed by atoms with E-state index in [0.717, 1.165) is 11.3 Å². The number of carbonyl (C=O) groups excluding carboxylic acids is 2. The summed E-state index contributed by atoms with van der Waals surface area (Å²) in [6.07, 6.45) is 0.839. The molecule has 0 aliphatic carbocycles. The second-order valence-electron chi connectivity index (χ2n) is 4.90. The number of rotatable bonds is 6. The molecule has 2 aromatic rings. The lowest BCUT2D eigenvalue weighted by molar-refractivity contribution is -0.116. The second kappa shape index (κ2) is 7.98. The Kier molecular flexibility index (Phi) is 5.74. The molecule has 0 radical (unpaired) electrons. The van der Waals surface area contributed by atoms with Crippen molar-refractivity contribution in [3.63, 3.8) is 0 Å². The Balaban J connectivity index is 2.02. The number of benzene rings is 2. The van der Waals surface area contributed by atoms with E-state index < -0.39 is 5.97 Å². The predicted molar refractivity (Wildman–Crippen MR) is 87.7 cm³/mol. The maximum absolute atomic E-state index is 12.1. The van der Waals surface area contributed by atoms with Crippen LogP contribution in [0.5, 0.6) is 5.75 Å². The Labute approximate surface area is 135 Å². The summed E-state index contributed by atoms with van der Waals surface area (Å²) in [6, 6.07) is 14.3. The van der Waals surface area contributed by atoms with Crippen LogP contribution in [0.1, 0.15) is 22.3 Å². The third-order valence-electron chi connectivity index (χ3n) is 3.42. The van der Waals surface area contributed by atoms with Crippen molar-refractivity contribution in [2.24, 2.45) is 0 Å². The number of amides is 1. The molecule has 23 heavy (non-hydrogen) atoms. The topological polar surface area (TPSA) is 64.6 Å². The Morgan fingerprint density at radius 3 is 2.43 bits per heavy atom. The average Bonchev–Trinajstić information content (AvgIpc) is 2.60. The number of para-hydroxylation sites is 2. The lowest BCUT2D eigenvalue weighted by atomic mass is 10.1. The molecular weight excluding hydrogens is 294 g/mol. The molecule has 1 amide bonds. The van der Waals surface area contributed by atoms with Crippen LogP contribution >= 0.6 is 0 Å². The highest BCUT2D eigenvalue weighted by molar-refractivity contribution is 6.01. The van der Waals surface area contributed by atoms with Crippen LogP contribution in [0.2, 0.25) is 0 Å². The fourth-order valence-electron chi connectivity index (χ4n) is 2.25. The molecule has 120 valence electrons. The van der Waals surface area contributed by atoms with E-state index in [1.54, 1.807) is 31.4 Å². The zero-order valence-electron chi connectivity index (χ0n) is 13.2. The van der Waals surface area contributed by atoms with Gasteiger partial charge in [-0.3, -0.25) is 4.79 Å². The molecule has 1 N–H and O–H groups in total. The smallest absolute Gasteiger partial charge is 0.339 e. The van der Waals surface area contributed by atoms with E-state index in [-0.39, 0.29) is 12.3 Å². The Hall–Kier alpha value is -2.82. The highest BCUT2D eigenvalue weighted by Gasteiger charge is 2.13. The SMILES string of the molecule is COC(=O)c1ccccc1NC(=O)CCc1ccccc1OC. The van der Waals surface area contributed by atoms with Gasteiger partial charge >= 0.3 is 5.97 Å². The number of ether oxygens (including phenoxy) is 2. The summed E-state index contributed by atoms with van der Waals surface area (Å²) in [5, 5.41) is 2.75. The highest BCUT2D eigenvalue weighted by Crippen LogP contribution is 2.20. The van der Waals surface area contributed by atoms with Gasteiger partial charge in [-0.05, 0) is 30.2 Å².